The molecule has 0 spiro atoms. The standard InChI is InChI=1S/C16H20N4O/c1-16(17,13-7-8-13)15(21)18-11-12-5-2-3-6-14(12)20-10-4-9-19-20/h2-6,9-10,13H,7-8,11,17H2,1H3,(H,18,21). The molecule has 3 rings (SSSR count). The van der Waals surface area contributed by atoms with Gasteiger partial charge in [-0.3, -0.25) is 4.79 Å². The molecule has 1 aromatic heterocycles. The lowest BCUT2D eigenvalue weighted by atomic mass is 9.96. The fraction of sp³-hybridized carbons (Fsp3) is 0.375. The molecule has 1 saturated carbocycles. The topological polar surface area (TPSA) is 72.9 Å². The highest BCUT2D eigenvalue weighted by Gasteiger charge is 2.43. The maximum Gasteiger partial charge on any atom is 0.240 e. The van der Waals surface area contributed by atoms with Crippen molar-refractivity contribution in [1.82, 2.24) is 15.1 Å². The minimum absolute atomic E-state index is 0.0831. The van der Waals surface area contributed by atoms with Crippen LogP contribution in [0.1, 0.15) is 25.3 Å². The van der Waals surface area contributed by atoms with E-state index in [2.05, 4.69) is 10.4 Å². The number of rotatable bonds is 5. The summed E-state index contributed by atoms with van der Waals surface area (Å²) in [6, 6.07) is 9.76. The number of nitrogens with one attached hydrogen (secondary N) is 1. The van der Waals surface area contributed by atoms with E-state index in [9.17, 15) is 4.79 Å². The van der Waals surface area contributed by atoms with Crippen LogP contribution in [-0.4, -0.2) is 21.2 Å². The number of hydrogen-bond acceptors (Lipinski definition) is 3. The Morgan fingerprint density at radius 1 is 1.43 bits per heavy atom. The van der Waals surface area contributed by atoms with Gasteiger partial charge in [0.15, 0.2) is 0 Å². The Balaban J connectivity index is 1.72. The molecule has 0 aliphatic heterocycles. The largest absolute Gasteiger partial charge is 0.350 e. The molecule has 1 amide bonds. The highest BCUT2D eigenvalue weighted by molar-refractivity contribution is 5.86. The van der Waals surface area contributed by atoms with Crippen LogP contribution in [0.3, 0.4) is 0 Å². The number of carbonyl (C=O) groups is 1. The summed E-state index contributed by atoms with van der Waals surface area (Å²) in [5.74, 6) is 0.235. The molecule has 1 heterocycles. The monoisotopic (exact) mass is 284 g/mol. The fourth-order valence-electron chi connectivity index (χ4n) is 2.53. The van der Waals surface area contributed by atoms with Crippen LogP contribution in [0, 0.1) is 5.92 Å². The van der Waals surface area contributed by atoms with Gasteiger partial charge in [-0.05, 0) is 43.4 Å². The van der Waals surface area contributed by atoms with Gasteiger partial charge in [0, 0.05) is 18.9 Å². The molecule has 1 atom stereocenters. The van der Waals surface area contributed by atoms with Crippen LogP contribution in [0.25, 0.3) is 5.69 Å². The average molecular weight is 284 g/mol. The van der Waals surface area contributed by atoms with Crippen LogP contribution in [0.15, 0.2) is 42.7 Å². The summed E-state index contributed by atoms with van der Waals surface area (Å²) in [4.78, 5) is 12.3. The molecule has 1 unspecified atom stereocenters. The highest BCUT2D eigenvalue weighted by atomic mass is 16.2. The third-order valence-corrected chi connectivity index (χ3v) is 4.10. The molecule has 110 valence electrons. The predicted octanol–water partition coefficient (Wildman–Crippen LogP) is 1.62. The van der Waals surface area contributed by atoms with Gasteiger partial charge in [-0.25, -0.2) is 4.68 Å². The lowest BCUT2D eigenvalue weighted by molar-refractivity contribution is -0.126. The summed E-state index contributed by atoms with van der Waals surface area (Å²) in [5.41, 5.74) is 7.35. The molecule has 1 aliphatic rings. The molecule has 3 N–H and O–H groups in total. The van der Waals surface area contributed by atoms with Gasteiger partial charge in [0.1, 0.15) is 0 Å². The van der Waals surface area contributed by atoms with Crippen molar-refractivity contribution in [2.24, 2.45) is 11.7 Å². The number of nitrogens with zero attached hydrogens (tertiary/aromatic N) is 2. The molecule has 0 bridgehead atoms. The van der Waals surface area contributed by atoms with Crippen molar-refractivity contribution in [2.45, 2.75) is 31.8 Å². The first-order chi connectivity index (χ1) is 10.1. The highest BCUT2D eigenvalue weighted by Crippen LogP contribution is 2.38. The third kappa shape index (κ3) is 2.83. The maximum atomic E-state index is 12.3. The van der Waals surface area contributed by atoms with E-state index < -0.39 is 5.54 Å². The van der Waals surface area contributed by atoms with Crippen LogP contribution in [0.4, 0.5) is 0 Å². The zero-order chi connectivity index (χ0) is 14.9. The van der Waals surface area contributed by atoms with Gasteiger partial charge in [-0.15, -0.1) is 0 Å². The van der Waals surface area contributed by atoms with Crippen LogP contribution in [0.5, 0.6) is 0 Å². The maximum absolute atomic E-state index is 12.3. The second-order valence-electron chi connectivity index (χ2n) is 5.82. The molecule has 2 aromatic rings. The van der Waals surface area contributed by atoms with Crippen LogP contribution < -0.4 is 11.1 Å². The van der Waals surface area contributed by atoms with E-state index >= 15 is 0 Å². The molecule has 1 aromatic carbocycles. The van der Waals surface area contributed by atoms with E-state index in [1.54, 1.807) is 10.9 Å². The lowest BCUT2D eigenvalue weighted by Gasteiger charge is -2.23. The second-order valence-corrected chi connectivity index (χ2v) is 5.82. The summed E-state index contributed by atoms with van der Waals surface area (Å²) in [6.45, 7) is 2.27. The summed E-state index contributed by atoms with van der Waals surface area (Å²) < 4.78 is 1.80. The Bertz CT molecular complexity index is 629. The molecule has 21 heavy (non-hydrogen) atoms. The molecule has 1 aliphatic carbocycles. The van der Waals surface area contributed by atoms with Crippen molar-refractivity contribution in [1.29, 1.82) is 0 Å². The Kier molecular flexibility index (Phi) is 3.51. The fourth-order valence-corrected chi connectivity index (χ4v) is 2.53. The zero-order valence-corrected chi connectivity index (χ0v) is 12.1. The normalized spacial score (nSPS) is 17.2. The van der Waals surface area contributed by atoms with E-state index in [0.29, 0.717) is 12.5 Å². The van der Waals surface area contributed by atoms with Gasteiger partial charge in [0.25, 0.3) is 0 Å². The molecule has 0 radical (unpaired) electrons. The van der Waals surface area contributed by atoms with Crippen molar-refractivity contribution >= 4 is 5.91 Å². The molecule has 5 heteroatoms. The first-order valence-corrected chi connectivity index (χ1v) is 7.24. The Morgan fingerprint density at radius 3 is 2.86 bits per heavy atom. The summed E-state index contributed by atoms with van der Waals surface area (Å²) in [6.07, 6.45) is 5.71. The van der Waals surface area contributed by atoms with E-state index in [0.717, 1.165) is 24.1 Å². The minimum atomic E-state index is -0.763. The van der Waals surface area contributed by atoms with E-state index in [4.69, 9.17) is 5.73 Å². The average Bonchev–Trinajstić information content (AvgIpc) is 3.22. The number of hydrogen-bond donors (Lipinski definition) is 2. The molecule has 0 saturated heterocycles. The van der Waals surface area contributed by atoms with E-state index in [-0.39, 0.29) is 5.91 Å². The SMILES string of the molecule is CC(N)(C(=O)NCc1ccccc1-n1cccn1)C1CC1. The van der Waals surface area contributed by atoms with Gasteiger partial charge in [0.2, 0.25) is 5.91 Å². The molecular weight excluding hydrogens is 264 g/mol. The van der Waals surface area contributed by atoms with Gasteiger partial charge in [0.05, 0.1) is 11.2 Å². The first-order valence-electron chi connectivity index (χ1n) is 7.24. The Morgan fingerprint density at radius 2 is 2.19 bits per heavy atom. The number of benzene rings is 1. The van der Waals surface area contributed by atoms with E-state index in [1.165, 1.54) is 0 Å². The minimum Gasteiger partial charge on any atom is -0.350 e. The quantitative estimate of drug-likeness (QED) is 0.876. The van der Waals surface area contributed by atoms with Crippen molar-refractivity contribution in [2.75, 3.05) is 0 Å². The zero-order valence-electron chi connectivity index (χ0n) is 12.1. The summed E-state index contributed by atoms with van der Waals surface area (Å²) in [7, 11) is 0. The summed E-state index contributed by atoms with van der Waals surface area (Å²) >= 11 is 0. The van der Waals surface area contributed by atoms with Crippen LogP contribution in [-0.2, 0) is 11.3 Å². The predicted molar refractivity (Wildman–Crippen MR) is 80.7 cm³/mol. The Labute approximate surface area is 124 Å². The first kappa shape index (κ1) is 13.8. The number of carbonyl (C=O) groups excluding carboxylic acids is 1. The third-order valence-electron chi connectivity index (χ3n) is 4.10. The van der Waals surface area contributed by atoms with Crippen molar-refractivity contribution < 1.29 is 4.79 Å². The van der Waals surface area contributed by atoms with Gasteiger partial charge in [-0.1, -0.05) is 18.2 Å². The van der Waals surface area contributed by atoms with Crippen molar-refractivity contribution in [3.05, 3.63) is 48.3 Å². The second kappa shape index (κ2) is 5.33. The Hall–Kier alpha value is -2.14. The number of aromatic nitrogens is 2. The molecular formula is C16H20N4O. The number of amides is 1. The van der Waals surface area contributed by atoms with Gasteiger partial charge in [-0.2, -0.15) is 5.10 Å². The molecule has 5 nitrogen and oxygen atoms in total. The lowest BCUT2D eigenvalue weighted by Crippen LogP contribution is -2.53. The summed E-state index contributed by atoms with van der Waals surface area (Å²) in [5, 5.41) is 7.20. The van der Waals surface area contributed by atoms with E-state index in [1.807, 2.05) is 43.5 Å². The number of para-hydroxylation sites is 1. The molecule has 1 fully saturated rings. The van der Waals surface area contributed by atoms with Crippen molar-refractivity contribution in [3.63, 3.8) is 0 Å². The van der Waals surface area contributed by atoms with Crippen LogP contribution >= 0.6 is 0 Å². The van der Waals surface area contributed by atoms with Crippen molar-refractivity contribution in [3.8, 4) is 5.69 Å². The van der Waals surface area contributed by atoms with Gasteiger partial charge >= 0.3 is 0 Å². The van der Waals surface area contributed by atoms with Crippen LogP contribution in [0.2, 0.25) is 0 Å². The van der Waals surface area contributed by atoms with Gasteiger partial charge < -0.3 is 11.1 Å². The number of nitrogens with two attached hydrogens (primary N) is 1. The smallest absolute Gasteiger partial charge is 0.240 e.